The Bertz CT molecular complexity index is 1040. The molecule has 1 saturated heterocycles. The molecular weight excluding hydrogens is 416 g/mol. The van der Waals surface area contributed by atoms with Gasteiger partial charge in [-0.15, -0.1) is 0 Å². The third kappa shape index (κ3) is 4.12. The maximum absolute atomic E-state index is 13.8. The molecule has 1 aromatic heterocycles. The zero-order valence-electron chi connectivity index (χ0n) is 19.9. The molecule has 7 heteroatoms. The maximum Gasteiger partial charge on any atom is 0.271 e. The predicted octanol–water partition coefficient (Wildman–Crippen LogP) is 3.41. The molecule has 2 amide bonds. The number of nitrogens with one attached hydrogen (secondary N) is 1. The lowest BCUT2D eigenvalue weighted by Gasteiger charge is -2.45. The summed E-state index contributed by atoms with van der Waals surface area (Å²) in [5, 5.41) is 4.31. The summed E-state index contributed by atoms with van der Waals surface area (Å²) in [5.41, 5.74) is 0.659. The van der Waals surface area contributed by atoms with E-state index in [1.807, 2.05) is 40.7 Å². The third-order valence-electron chi connectivity index (χ3n) is 7.91. The number of likely N-dealkylation sites (tertiary alicyclic amines) is 1. The van der Waals surface area contributed by atoms with Gasteiger partial charge in [-0.05, 0) is 63.9 Å². The summed E-state index contributed by atoms with van der Waals surface area (Å²) in [6.07, 6.45) is 8.03. The highest BCUT2D eigenvalue weighted by atomic mass is 16.5. The van der Waals surface area contributed by atoms with Crippen molar-refractivity contribution in [3.05, 3.63) is 30.0 Å². The monoisotopic (exact) mass is 452 g/mol. The molecule has 1 saturated carbocycles. The quantitative estimate of drug-likeness (QED) is 0.730. The van der Waals surface area contributed by atoms with Crippen LogP contribution < -0.4 is 10.1 Å². The van der Waals surface area contributed by atoms with Gasteiger partial charge in [-0.25, -0.2) is 0 Å². The SMILES string of the molecule is COc1ccc2cc3n(c2c1)CC(C)(C(=O)NC1CCCCC1)N(CCN1CCCC1)C3=O. The second-order valence-corrected chi connectivity index (χ2v) is 10.1. The smallest absolute Gasteiger partial charge is 0.271 e. The Morgan fingerprint density at radius 3 is 2.58 bits per heavy atom. The Kier molecular flexibility index (Phi) is 6.08. The molecule has 1 atom stereocenters. The van der Waals surface area contributed by atoms with Crippen molar-refractivity contribution in [1.82, 2.24) is 19.7 Å². The predicted molar refractivity (Wildman–Crippen MR) is 129 cm³/mol. The van der Waals surface area contributed by atoms with Gasteiger partial charge in [0.15, 0.2) is 0 Å². The van der Waals surface area contributed by atoms with Gasteiger partial charge in [0.1, 0.15) is 17.0 Å². The number of nitrogens with zero attached hydrogens (tertiary/aromatic N) is 3. The Morgan fingerprint density at radius 1 is 1.09 bits per heavy atom. The molecule has 3 aliphatic rings. The molecule has 5 rings (SSSR count). The van der Waals surface area contributed by atoms with Crippen LogP contribution in [0.3, 0.4) is 0 Å². The molecule has 3 heterocycles. The number of amides is 2. The Balaban J connectivity index is 1.49. The molecule has 1 N–H and O–H groups in total. The number of fused-ring (bicyclic) bond motifs is 3. The van der Waals surface area contributed by atoms with Gasteiger partial charge in [0.25, 0.3) is 5.91 Å². The molecule has 1 unspecified atom stereocenters. The topological polar surface area (TPSA) is 66.8 Å². The van der Waals surface area contributed by atoms with Crippen LogP contribution in [0.25, 0.3) is 10.9 Å². The average Bonchev–Trinajstić information content (AvgIpc) is 3.47. The fraction of sp³-hybridized carbons (Fsp3) is 0.615. The molecule has 2 aliphatic heterocycles. The Hall–Kier alpha value is -2.54. The zero-order valence-corrected chi connectivity index (χ0v) is 19.9. The lowest BCUT2D eigenvalue weighted by Crippen LogP contribution is -2.65. The van der Waals surface area contributed by atoms with Crippen molar-refractivity contribution in [1.29, 1.82) is 0 Å². The van der Waals surface area contributed by atoms with Gasteiger partial charge in [-0.2, -0.15) is 0 Å². The highest BCUT2D eigenvalue weighted by Gasteiger charge is 2.48. The van der Waals surface area contributed by atoms with Crippen molar-refractivity contribution in [2.75, 3.05) is 33.3 Å². The number of rotatable bonds is 6. The van der Waals surface area contributed by atoms with E-state index in [0.29, 0.717) is 18.8 Å². The summed E-state index contributed by atoms with van der Waals surface area (Å²) in [7, 11) is 1.65. The van der Waals surface area contributed by atoms with Gasteiger partial charge in [0.05, 0.1) is 19.2 Å². The lowest BCUT2D eigenvalue weighted by molar-refractivity contribution is -0.133. The molecule has 0 spiro atoms. The summed E-state index contributed by atoms with van der Waals surface area (Å²) in [5.74, 6) is 0.664. The molecule has 2 aromatic rings. The zero-order chi connectivity index (χ0) is 23.0. The molecular formula is C26H36N4O3. The Morgan fingerprint density at radius 2 is 1.85 bits per heavy atom. The summed E-state index contributed by atoms with van der Waals surface area (Å²) < 4.78 is 7.45. The summed E-state index contributed by atoms with van der Waals surface area (Å²) >= 11 is 0. The van der Waals surface area contributed by atoms with E-state index in [9.17, 15) is 9.59 Å². The molecule has 0 radical (unpaired) electrons. The standard InChI is InChI=1S/C26H36N4O3/c1-26(25(32)27-20-8-4-3-5-9-20)18-29-22-17-21(33-2)11-10-19(22)16-23(29)24(31)30(26)15-14-28-12-6-7-13-28/h10-11,16-17,20H,3-9,12-15,18H2,1-2H3,(H,27,32). The van der Waals surface area contributed by atoms with Crippen molar-refractivity contribution in [2.45, 2.75) is 70.0 Å². The highest BCUT2D eigenvalue weighted by molar-refractivity contribution is 6.03. The van der Waals surface area contributed by atoms with Crippen molar-refractivity contribution in [2.24, 2.45) is 0 Å². The number of carbonyl (C=O) groups is 2. The minimum atomic E-state index is -0.934. The van der Waals surface area contributed by atoms with Gasteiger partial charge < -0.3 is 24.4 Å². The third-order valence-corrected chi connectivity index (χ3v) is 7.91. The number of methoxy groups -OCH3 is 1. The van der Waals surface area contributed by atoms with Gasteiger partial charge >= 0.3 is 0 Å². The van der Waals surface area contributed by atoms with Crippen LogP contribution in [0.1, 0.15) is 62.4 Å². The summed E-state index contributed by atoms with van der Waals surface area (Å²) in [6.45, 7) is 5.93. The van der Waals surface area contributed by atoms with Crippen LogP contribution >= 0.6 is 0 Å². The molecule has 1 aliphatic carbocycles. The molecule has 178 valence electrons. The van der Waals surface area contributed by atoms with Crippen LogP contribution in [0.15, 0.2) is 24.3 Å². The van der Waals surface area contributed by atoms with Crippen molar-refractivity contribution < 1.29 is 14.3 Å². The van der Waals surface area contributed by atoms with E-state index in [0.717, 1.165) is 62.0 Å². The normalized spacial score (nSPS) is 24.3. The first-order valence-electron chi connectivity index (χ1n) is 12.5. The fourth-order valence-electron chi connectivity index (χ4n) is 5.84. The van der Waals surface area contributed by atoms with Crippen LogP contribution in [0.2, 0.25) is 0 Å². The number of aromatic nitrogens is 1. The highest BCUT2D eigenvalue weighted by Crippen LogP contribution is 2.34. The number of carbonyl (C=O) groups excluding carboxylic acids is 2. The number of benzene rings is 1. The van der Waals surface area contributed by atoms with E-state index in [2.05, 4.69) is 10.2 Å². The largest absolute Gasteiger partial charge is 0.497 e. The van der Waals surface area contributed by atoms with Crippen molar-refractivity contribution in [3.8, 4) is 5.75 Å². The van der Waals surface area contributed by atoms with Gasteiger partial charge in [0, 0.05) is 30.6 Å². The van der Waals surface area contributed by atoms with E-state index in [4.69, 9.17) is 4.74 Å². The first-order valence-corrected chi connectivity index (χ1v) is 12.5. The minimum absolute atomic E-state index is 0.0282. The summed E-state index contributed by atoms with van der Waals surface area (Å²) in [6, 6.07) is 8.03. The molecule has 0 bridgehead atoms. The van der Waals surface area contributed by atoms with Gasteiger partial charge in [0.2, 0.25) is 5.91 Å². The molecule has 2 fully saturated rings. The second kappa shape index (κ2) is 9.01. The molecule has 1 aromatic carbocycles. The van der Waals surface area contributed by atoms with Crippen LogP contribution in [-0.4, -0.2) is 71.1 Å². The van der Waals surface area contributed by atoms with E-state index in [-0.39, 0.29) is 17.9 Å². The maximum atomic E-state index is 13.8. The molecule has 33 heavy (non-hydrogen) atoms. The lowest BCUT2D eigenvalue weighted by atomic mass is 9.91. The number of hydrogen-bond donors (Lipinski definition) is 1. The first-order chi connectivity index (χ1) is 16.0. The summed E-state index contributed by atoms with van der Waals surface area (Å²) in [4.78, 5) is 31.9. The van der Waals surface area contributed by atoms with E-state index in [1.54, 1.807) is 7.11 Å². The van der Waals surface area contributed by atoms with E-state index < -0.39 is 5.54 Å². The van der Waals surface area contributed by atoms with Crippen LogP contribution in [0.4, 0.5) is 0 Å². The van der Waals surface area contributed by atoms with Gasteiger partial charge in [-0.3, -0.25) is 9.59 Å². The van der Waals surface area contributed by atoms with E-state index in [1.165, 1.54) is 19.3 Å². The fourth-order valence-corrected chi connectivity index (χ4v) is 5.84. The first kappa shape index (κ1) is 22.3. The van der Waals surface area contributed by atoms with Crippen LogP contribution in [-0.2, 0) is 11.3 Å². The van der Waals surface area contributed by atoms with Crippen LogP contribution in [0.5, 0.6) is 5.75 Å². The van der Waals surface area contributed by atoms with Crippen LogP contribution in [0, 0.1) is 0 Å². The average molecular weight is 453 g/mol. The number of ether oxygens (including phenoxy) is 1. The number of hydrogen-bond acceptors (Lipinski definition) is 4. The molecule has 7 nitrogen and oxygen atoms in total. The van der Waals surface area contributed by atoms with Gasteiger partial charge in [-0.1, -0.05) is 19.3 Å². The Labute approximate surface area is 196 Å². The van der Waals surface area contributed by atoms with E-state index >= 15 is 0 Å². The van der Waals surface area contributed by atoms with Crippen molar-refractivity contribution in [3.63, 3.8) is 0 Å². The van der Waals surface area contributed by atoms with Crippen molar-refractivity contribution >= 4 is 22.7 Å². The second-order valence-electron chi connectivity index (χ2n) is 10.1. The minimum Gasteiger partial charge on any atom is -0.497 e.